The second-order valence-corrected chi connectivity index (χ2v) is 7.15. The summed E-state index contributed by atoms with van der Waals surface area (Å²) in [5.41, 5.74) is 0.420. The maximum Gasteiger partial charge on any atom is 0.332 e. The number of ether oxygens (including phenoxy) is 1. The first kappa shape index (κ1) is 19.6. The lowest BCUT2D eigenvalue weighted by Crippen LogP contribution is -2.45. The van der Waals surface area contributed by atoms with Crippen LogP contribution in [-0.4, -0.2) is 53.1 Å². The molecule has 1 aromatic rings. The Morgan fingerprint density at radius 3 is 2.41 bits per heavy atom. The van der Waals surface area contributed by atoms with E-state index >= 15 is 0 Å². The van der Waals surface area contributed by atoms with Crippen LogP contribution in [0.5, 0.6) is 0 Å². The molecule has 146 valence electrons. The Morgan fingerprint density at radius 2 is 1.81 bits per heavy atom. The molecule has 0 bridgehead atoms. The number of carboxylic acid groups (broad SMARTS) is 1. The van der Waals surface area contributed by atoms with E-state index in [1.54, 1.807) is 4.90 Å². The molecule has 7 nitrogen and oxygen atoms in total. The third kappa shape index (κ3) is 4.56. The van der Waals surface area contributed by atoms with Crippen molar-refractivity contribution in [2.75, 3.05) is 18.4 Å². The molecular formula is C18H20ClFN2O5. The van der Waals surface area contributed by atoms with Gasteiger partial charge in [0.25, 0.3) is 5.91 Å². The van der Waals surface area contributed by atoms with Crippen LogP contribution in [-0.2, 0) is 19.1 Å². The standard InChI is InChI=1S/C18H20ClFN2O5/c19-12-9-11(1-2-13(12)20)21-16(23)10-5-7-22(8-6-10)17(24)14-3-4-15(27-14)18(25)26/h1-2,9-10,14-15H,3-8H2,(H,21,23)(H,25,26)/t14-,15+/m0/s1. The first-order valence-electron chi connectivity index (χ1n) is 8.78. The number of carbonyl (C=O) groups is 3. The van der Waals surface area contributed by atoms with Gasteiger partial charge in [-0.2, -0.15) is 0 Å². The first-order chi connectivity index (χ1) is 12.8. The third-order valence-electron chi connectivity index (χ3n) is 4.94. The van der Waals surface area contributed by atoms with Gasteiger partial charge in [0.15, 0.2) is 6.10 Å². The van der Waals surface area contributed by atoms with Crippen molar-refractivity contribution in [3.05, 3.63) is 29.0 Å². The Labute approximate surface area is 160 Å². The van der Waals surface area contributed by atoms with Crippen LogP contribution in [0.15, 0.2) is 18.2 Å². The van der Waals surface area contributed by atoms with E-state index < -0.39 is 24.0 Å². The molecule has 1 aromatic carbocycles. The number of carbonyl (C=O) groups excluding carboxylic acids is 2. The van der Waals surface area contributed by atoms with Gasteiger partial charge in [-0.1, -0.05) is 11.6 Å². The van der Waals surface area contributed by atoms with Gasteiger partial charge in [-0.3, -0.25) is 9.59 Å². The van der Waals surface area contributed by atoms with E-state index in [1.807, 2.05) is 0 Å². The lowest BCUT2D eigenvalue weighted by molar-refractivity contribution is -0.155. The fourth-order valence-electron chi connectivity index (χ4n) is 3.38. The molecule has 2 saturated heterocycles. The summed E-state index contributed by atoms with van der Waals surface area (Å²) in [7, 11) is 0. The van der Waals surface area contributed by atoms with Gasteiger partial charge in [-0.05, 0) is 43.9 Å². The molecule has 2 N–H and O–H groups in total. The number of nitrogens with one attached hydrogen (secondary N) is 1. The molecule has 0 aliphatic carbocycles. The van der Waals surface area contributed by atoms with Crippen LogP contribution in [0.4, 0.5) is 10.1 Å². The molecule has 2 aliphatic heterocycles. The third-order valence-corrected chi connectivity index (χ3v) is 5.22. The minimum absolute atomic E-state index is 0.0653. The molecule has 2 aliphatic rings. The highest BCUT2D eigenvalue weighted by molar-refractivity contribution is 6.31. The molecule has 9 heteroatoms. The monoisotopic (exact) mass is 398 g/mol. The normalized spacial score (nSPS) is 23.3. The first-order valence-corrected chi connectivity index (χ1v) is 9.16. The Hall–Kier alpha value is -2.19. The van der Waals surface area contributed by atoms with Crippen molar-refractivity contribution in [1.82, 2.24) is 4.90 Å². The number of aliphatic carboxylic acids is 1. The summed E-state index contributed by atoms with van der Waals surface area (Å²) in [6, 6.07) is 3.98. The number of rotatable bonds is 4. The zero-order valence-corrected chi connectivity index (χ0v) is 15.2. The van der Waals surface area contributed by atoms with Gasteiger partial charge in [0, 0.05) is 24.7 Å². The van der Waals surface area contributed by atoms with Gasteiger partial charge in [0.1, 0.15) is 11.9 Å². The smallest absolute Gasteiger partial charge is 0.332 e. The van der Waals surface area contributed by atoms with Gasteiger partial charge >= 0.3 is 5.97 Å². The van der Waals surface area contributed by atoms with E-state index in [-0.39, 0.29) is 22.8 Å². The summed E-state index contributed by atoms with van der Waals surface area (Å²) in [5.74, 6) is -2.30. The summed E-state index contributed by atoms with van der Waals surface area (Å²) in [6.07, 6.45) is 0.0397. The van der Waals surface area contributed by atoms with E-state index in [1.165, 1.54) is 18.2 Å². The minimum atomic E-state index is -1.05. The Kier molecular flexibility index (Phi) is 5.96. The summed E-state index contributed by atoms with van der Waals surface area (Å²) in [5, 5.41) is 11.6. The number of likely N-dealkylation sites (tertiary alicyclic amines) is 1. The molecule has 0 radical (unpaired) electrons. The fraction of sp³-hybridized carbons (Fsp3) is 0.500. The summed E-state index contributed by atoms with van der Waals surface area (Å²) in [4.78, 5) is 37.4. The van der Waals surface area contributed by atoms with Gasteiger partial charge in [-0.15, -0.1) is 0 Å². The van der Waals surface area contributed by atoms with E-state index in [4.69, 9.17) is 21.4 Å². The van der Waals surface area contributed by atoms with Gasteiger partial charge in [0.2, 0.25) is 5.91 Å². The van der Waals surface area contributed by atoms with Crippen LogP contribution in [0, 0.1) is 11.7 Å². The van der Waals surface area contributed by atoms with Gasteiger partial charge < -0.3 is 20.1 Å². The van der Waals surface area contributed by atoms with Crippen molar-refractivity contribution in [3.63, 3.8) is 0 Å². The van der Waals surface area contributed by atoms with Crippen LogP contribution in [0.25, 0.3) is 0 Å². The van der Waals surface area contributed by atoms with Crippen LogP contribution < -0.4 is 5.32 Å². The highest BCUT2D eigenvalue weighted by Crippen LogP contribution is 2.26. The second kappa shape index (κ2) is 8.22. The van der Waals surface area contributed by atoms with E-state index in [9.17, 15) is 18.8 Å². The zero-order valence-electron chi connectivity index (χ0n) is 14.5. The second-order valence-electron chi connectivity index (χ2n) is 6.75. The van der Waals surface area contributed by atoms with Gasteiger partial charge in [0.05, 0.1) is 5.02 Å². The SMILES string of the molecule is O=C(Nc1ccc(F)c(Cl)c1)C1CCN(C(=O)[C@@H]2CC[C@H](C(=O)O)O2)CC1. The number of anilines is 1. The van der Waals surface area contributed by atoms with Crippen molar-refractivity contribution < 1.29 is 28.6 Å². The number of halogens is 2. The van der Waals surface area contributed by atoms with E-state index in [0.29, 0.717) is 44.5 Å². The quantitative estimate of drug-likeness (QED) is 0.811. The van der Waals surface area contributed by atoms with Crippen molar-refractivity contribution in [3.8, 4) is 0 Å². The number of nitrogens with zero attached hydrogens (tertiary/aromatic N) is 1. The molecule has 2 fully saturated rings. The molecule has 0 spiro atoms. The summed E-state index contributed by atoms with van der Waals surface area (Å²) < 4.78 is 18.5. The number of hydrogen-bond acceptors (Lipinski definition) is 4. The number of amides is 2. The van der Waals surface area contributed by atoms with Crippen molar-refractivity contribution in [1.29, 1.82) is 0 Å². The van der Waals surface area contributed by atoms with Crippen LogP contribution in [0.3, 0.4) is 0 Å². The Bertz CT molecular complexity index is 751. The Balaban J connectivity index is 1.49. The topological polar surface area (TPSA) is 95.9 Å². The van der Waals surface area contributed by atoms with Gasteiger partial charge in [-0.25, -0.2) is 9.18 Å². The van der Waals surface area contributed by atoms with Crippen LogP contribution >= 0.6 is 11.6 Å². The molecule has 0 saturated carbocycles. The summed E-state index contributed by atoms with van der Waals surface area (Å²) in [6.45, 7) is 0.803. The van der Waals surface area contributed by atoms with Crippen molar-refractivity contribution >= 4 is 35.1 Å². The summed E-state index contributed by atoms with van der Waals surface area (Å²) >= 11 is 5.71. The highest BCUT2D eigenvalue weighted by Gasteiger charge is 2.38. The molecule has 0 unspecified atom stereocenters. The molecule has 2 atom stereocenters. The lowest BCUT2D eigenvalue weighted by Gasteiger charge is -2.32. The largest absolute Gasteiger partial charge is 0.479 e. The molecule has 2 heterocycles. The highest BCUT2D eigenvalue weighted by atomic mass is 35.5. The molecule has 27 heavy (non-hydrogen) atoms. The van der Waals surface area contributed by atoms with E-state index in [2.05, 4.69) is 5.32 Å². The maximum absolute atomic E-state index is 13.2. The van der Waals surface area contributed by atoms with Crippen LogP contribution in [0.1, 0.15) is 25.7 Å². The predicted octanol–water partition coefficient (Wildman–Crippen LogP) is 2.29. The maximum atomic E-state index is 13.2. The number of benzene rings is 1. The van der Waals surface area contributed by atoms with Crippen LogP contribution in [0.2, 0.25) is 5.02 Å². The van der Waals surface area contributed by atoms with Crippen molar-refractivity contribution in [2.24, 2.45) is 5.92 Å². The van der Waals surface area contributed by atoms with E-state index in [0.717, 1.165) is 0 Å². The molecule has 2 amide bonds. The fourth-order valence-corrected chi connectivity index (χ4v) is 3.56. The zero-order chi connectivity index (χ0) is 19.6. The lowest BCUT2D eigenvalue weighted by atomic mass is 9.95. The van der Waals surface area contributed by atoms with Crippen molar-refractivity contribution in [2.45, 2.75) is 37.9 Å². The molecular weight excluding hydrogens is 379 g/mol. The predicted molar refractivity (Wildman–Crippen MR) is 94.9 cm³/mol. The minimum Gasteiger partial charge on any atom is -0.479 e. The average Bonchev–Trinajstić information content (AvgIpc) is 3.15. The average molecular weight is 399 g/mol. The number of hydrogen-bond donors (Lipinski definition) is 2. The Morgan fingerprint density at radius 1 is 1.15 bits per heavy atom. The molecule has 0 aromatic heterocycles. The number of piperidine rings is 1. The molecule has 3 rings (SSSR count). The number of carboxylic acids is 1.